The third-order valence-corrected chi connectivity index (χ3v) is 5.08. The van der Waals surface area contributed by atoms with Crippen LogP contribution in [0.3, 0.4) is 0 Å². The minimum absolute atomic E-state index is 0.754. The Kier molecular flexibility index (Phi) is 3.86. The van der Waals surface area contributed by atoms with Gasteiger partial charge in [0, 0.05) is 17.8 Å². The molecule has 138 valence electrons. The van der Waals surface area contributed by atoms with Crippen LogP contribution in [0.5, 0.6) is 5.75 Å². The molecule has 5 rings (SSSR count). The van der Waals surface area contributed by atoms with Crippen LogP contribution in [-0.2, 0) is 6.42 Å². The van der Waals surface area contributed by atoms with Crippen molar-refractivity contribution in [3.63, 3.8) is 0 Å². The van der Waals surface area contributed by atoms with Crippen LogP contribution in [0.4, 0.5) is 0 Å². The molecule has 5 aromatic rings. The monoisotopic (exact) mass is 369 g/mol. The van der Waals surface area contributed by atoms with Gasteiger partial charge >= 0.3 is 0 Å². The molecule has 5 heteroatoms. The maximum atomic E-state index is 6.31. The molecule has 0 saturated carbocycles. The molecule has 0 amide bonds. The molecule has 0 bridgehead atoms. The number of furan rings is 1. The van der Waals surface area contributed by atoms with Gasteiger partial charge in [-0.2, -0.15) is 0 Å². The van der Waals surface area contributed by atoms with E-state index in [1.165, 1.54) is 5.56 Å². The Balaban J connectivity index is 1.69. The standard InChI is InChI=1S/C23H19N3O2/c1-3-14-4-7-21(27-2)17(10-14)22-12-20-23(28-22)16(8-9-24-20)15-5-6-18-19(11-15)26-13-25-18/h4-13H,3H2,1-2H3,(H,25,26). The Labute approximate surface area is 162 Å². The van der Waals surface area contributed by atoms with Crippen molar-refractivity contribution in [3.05, 3.63) is 66.6 Å². The van der Waals surface area contributed by atoms with Crippen LogP contribution in [0, 0.1) is 0 Å². The van der Waals surface area contributed by atoms with Crippen molar-refractivity contribution in [3.8, 4) is 28.2 Å². The number of aromatic amines is 1. The van der Waals surface area contributed by atoms with Crippen LogP contribution in [0.25, 0.3) is 44.6 Å². The zero-order valence-electron chi connectivity index (χ0n) is 15.7. The lowest BCUT2D eigenvalue weighted by Crippen LogP contribution is -1.89. The van der Waals surface area contributed by atoms with Gasteiger partial charge in [0.15, 0.2) is 5.58 Å². The summed E-state index contributed by atoms with van der Waals surface area (Å²) in [6, 6.07) is 16.3. The number of aryl methyl sites for hydroxylation is 1. The number of fused-ring (bicyclic) bond motifs is 2. The molecule has 3 aromatic heterocycles. The minimum Gasteiger partial charge on any atom is -0.496 e. The molecule has 1 N–H and O–H groups in total. The second kappa shape index (κ2) is 6.53. The first-order valence-electron chi connectivity index (χ1n) is 9.26. The number of hydrogen-bond acceptors (Lipinski definition) is 4. The minimum atomic E-state index is 0.754. The molecule has 28 heavy (non-hydrogen) atoms. The molecule has 0 radical (unpaired) electrons. The lowest BCUT2D eigenvalue weighted by Gasteiger charge is -2.08. The molecule has 0 unspecified atom stereocenters. The van der Waals surface area contributed by atoms with Crippen molar-refractivity contribution in [2.45, 2.75) is 13.3 Å². The van der Waals surface area contributed by atoms with Gasteiger partial charge in [0.05, 0.1) is 30.0 Å². The topological polar surface area (TPSA) is 63.9 Å². The highest BCUT2D eigenvalue weighted by Gasteiger charge is 2.16. The van der Waals surface area contributed by atoms with E-state index < -0.39 is 0 Å². The van der Waals surface area contributed by atoms with E-state index in [0.717, 1.165) is 56.8 Å². The molecule has 0 spiro atoms. The van der Waals surface area contributed by atoms with Crippen LogP contribution in [0.1, 0.15) is 12.5 Å². The average molecular weight is 369 g/mol. The first-order chi connectivity index (χ1) is 13.8. The highest BCUT2D eigenvalue weighted by atomic mass is 16.5. The zero-order valence-corrected chi connectivity index (χ0v) is 15.7. The van der Waals surface area contributed by atoms with Gasteiger partial charge in [-0.25, -0.2) is 4.98 Å². The molecule has 2 aromatic carbocycles. The zero-order chi connectivity index (χ0) is 19.1. The van der Waals surface area contributed by atoms with E-state index in [9.17, 15) is 0 Å². The number of H-pyrrole nitrogens is 1. The number of methoxy groups -OCH3 is 1. The van der Waals surface area contributed by atoms with Crippen LogP contribution in [0.2, 0.25) is 0 Å². The SMILES string of the molecule is CCc1ccc(OC)c(-c2cc3nccc(-c4ccc5nc[nH]c5c4)c3o2)c1. The second-order valence-corrected chi connectivity index (χ2v) is 6.71. The van der Waals surface area contributed by atoms with Crippen LogP contribution >= 0.6 is 0 Å². The van der Waals surface area contributed by atoms with E-state index in [-0.39, 0.29) is 0 Å². The van der Waals surface area contributed by atoms with E-state index in [1.807, 2.05) is 30.5 Å². The van der Waals surface area contributed by atoms with Crippen molar-refractivity contribution in [1.29, 1.82) is 0 Å². The number of rotatable bonds is 4. The van der Waals surface area contributed by atoms with Gasteiger partial charge < -0.3 is 14.1 Å². The molecule has 0 aliphatic carbocycles. The number of nitrogens with one attached hydrogen (secondary N) is 1. The fourth-order valence-electron chi connectivity index (χ4n) is 3.57. The Hall–Kier alpha value is -3.60. The molecule has 0 fully saturated rings. The molecule has 0 aliphatic heterocycles. The number of ether oxygens (including phenoxy) is 1. The smallest absolute Gasteiger partial charge is 0.161 e. The molecule has 0 saturated heterocycles. The summed E-state index contributed by atoms with van der Waals surface area (Å²) >= 11 is 0. The lowest BCUT2D eigenvalue weighted by molar-refractivity contribution is 0.415. The summed E-state index contributed by atoms with van der Waals surface area (Å²) < 4.78 is 11.9. The van der Waals surface area contributed by atoms with E-state index in [2.05, 4.69) is 46.1 Å². The molecule has 5 nitrogen and oxygen atoms in total. The van der Waals surface area contributed by atoms with Crippen molar-refractivity contribution in [2.24, 2.45) is 0 Å². The number of aromatic nitrogens is 3. The summed E-state index contributed by atoms with van der Waals surface area (Å²) in [7, 11) is 1.68. The van der Waals surface area contributed by atoms with Crippen molar-refractivity contribution in [1.82, 2.24) is 15.0 Å². The number of benzene rings is 2. The van der Waals surface area contributed by atoms with Gasteiger partial charge in [-0.15, -0.1) is 0 Å². The summed E-state index contributed by atoms with van der Waals surface area (Å²) in [5, 5.41) is 0. The van der Waals surface area contributed by atoms with Gasteiger partial charge in [0.2, 0.25) is 0 Å². The number of hydrogen-bond donors (Lipinski definition) is 1. The van der Waals surface area contributed by atoms with E-state index >= 15 is 0 Å². The summed E-state index contributed by atoms with van der Waals surface area (Å²) in [5.41, 5.74) is 7.74. The van der Waals surface area contributed by atoms with E-state index in [0.29, 0.717) is 0 Å². The van der Waals surface area contributed by atoms with Crippen LogP contribution < -0.4 is 4.74 Å². The largest absolute Gasteiger partial charge is 0.496 e. The third-order valence-electron chi connectivity index (χ3n) is 5.08. The summed E-state index contributed by atoms with van der Waals surface area (Å²) in [5.74, 6) is 1.54. The first kappa shape index (κ1) is 16.6. The molecular weight excluding hydrogens is 350 g/mol. The van der Waals surface area contributed by atoms with E-state index in [1.54, 1.807) is 13.4 Å². The maximum absolute atomic E-state index is 6.31. The number of pyridine rings is 1. The predicted molar refractivity (Wildman–Crippen MR) is 110 cm³/mol. The normalized spacial score (nSPS) is 11.4. The Bertz CT molecular complexity index is 1300. The second-order valence-electron chi connectivity index (χ2n) is 6.71. The van der Waals surface area contributed by atoms with Crippen molar-refractivity contribution in [2.75, 3.05) is 7.11 Å². The van der Waals surface area contributed by atoms with Gasteiger partial charge in [0.1, 0.15) is 17.0 Å². The summed E-state index contributed by atoms with van der Waals surface area (Å²) in [6.45, 7) is 2.13. The Morgan fingerprint density at radius 2 is 1.89 bits per heavy atom. The predicted octanol–water partition coefficient (Wildman–Crippen LogP) is 5.61. The van der Waals surface area contributed by atoms with Crippen molar-refractivity contribution >= 4 is 22.1 Å². The molecule has 0 aliphatic rings. The van der Waals surface area contributed by atoms with E-state index in [4.69, 9.17) is 9.15 Å². The Morgan fingerprint density at radius 3 is 2.75 bits per heavy atom. The van der Waals surface area contributed by atoms with Gasteiger partial charge in [-0.3, -0.25) is 4.98 Å². The Morgan fingerprint density at radius 1 is 0.964 bits per heavy atom. The maximum Gasteiger partial charge on any atom is 0.161 e. The van der Waals surface area contributed by atoms with Crippen LogP contribution in [-0.4, -0.2) is 22.1 Å². The van der Waals surface area contributed by atoms with Gasteiger partial charge in [-0.1, -0.05) is 19.1 Å². The van der Waals surface area contributed by atoms with Gasteiger partial charge in [0.25, 0.3) is 0 Å². The quantitative estimate of drug-likeness (QED) is 0.447. The van der Waals surface area contributed by atoms with Crippen LogP contribution in [0.15, 0.2) is 65.5 Å². The average Bonchev–Trinajstić information content (AvgIpc) is 3.39. The number of nitrogens with zero attached hydrogens (tertiary/aromatic N) is 2. The molecule has 0 atom stereocenters. The van der Waals surface area contributed by atoms with Crippen molar-refractivity contribution < 1.29 is 9.15 Å². The van der Waals surface area contributed by atoms with Gasteiger partial charge in [-0.05, 0) is 47.9 Å². The molecule has 3 heterocycles. The number of imidazole rings is 1. The fourth-order valence-corrected chi connectivity index (χ4v) is 3.57. The highest BCUT2D eigenvalue weighted by Crippen LogP contribution is 2.38. The lowest BCUT2D eigenvalue weighted by atomic mass is 10.0. The fraction of sp³-hybridized carbons (Fsp3) is 0.130. The highest BCUT2D eigenvalue weighted by molar-refractivity contribution is 5.94. The summed E-state index contributed by atoms with van der Waals surface area (Å²) in [4.78, 5) is 12.0. The molecular formula is C23H19N3O2. The third kappa shape index (κ3) is 2.63. The summed E-state index contributed by atoms with van der Waals surface area (Å²) in [6.07, 6.45) is 4.47. The first-order valence-corrected chi connectivity index (χ1v) is 9.26.